The average molecular weight is 629 g/mol. The number of hydrogen-bond donors (Lipinski definition) is 0. The smallest absolute Gasteiger partial charge is 0.336 e. The quantitative estimate of drug-likeness (QED) is 0.0422. The van der Waals surface area contributed by atoms with Crippen LogP contribution in [-0.4, -0.2) is 33.4 Å². The molecule has 44 heavy (non-hydrogen) atoms. The largest absolute Gasteiger partial charge is 0.490 e. The summed E-state index contributed by atoms with van der Waals surface area (Å²) >= 11 is 12.6. The van der Waals surface area contributed by atoms with E-state index in [1.54, 1.807) is 67.6 Å². The van der Waals surface area contributed by atoms with Gasteiger partial charge in [0.1, 0.15) is 0 Å². The molecule has 0 fully saturated rings. The van der Waals surface area contributed by atoms with E-state index in [4.69, 9.17) is 32.7 Å². The van der Waals surface area contributed by atoms with Crippen LogP contribution in [0.15, 0.2) is 101 Å². The van der Waals surface area contributed by atoms with Crippen molar-refractivity contribution in [2.45, 2.75) is 6.92 Å². The maximum atomic E-state index is 13.5. The maximum absolute atomic E-state index is 13.5. The molecule has 0 saturated heterocycles. The summed E-state index contributed by atoms with van der Waals surface area (Å²) in [6, 6.07) is 22.4. The van der Waals surface area contributed by atoms with E-state index < -0.39 is 16.5 Å². The fourth-order valence-electron chi connectivity index (χ4n) is 4.21. The Morgan fingerprint density at radius 2 is 1.82 bits per heavy atom. The third-order valence-corrected chi connectivity index (χ3v) is 6.77. The van der Waals surface area contributed by atoms with Gasteiger partial charge in [0, 0.05) is 28.8 Å². The molecule has 5 aromatic rings. The van der Waals surface area contributed by atoms with Crippen LogP contribution in [0.2, 0.25) is 10.0 Å². The number of carbonyl (C=O) groups excluding carboxylic acids is 1. The molecule has 0 aliphatic rings. The van der Waals surface area contributed by atoms with Gasteiger partial charge in [-0.25, -0.2) is 9.78 Å². The summed E-state index contributed by atoms with van der Waals surface area (Å²) in [6.45, 7) is 2.05. The lowest BCUT2D eigenvalue weighted by atomic mass is 10.2. The van der Waals surface area contributed by atoms with Gasteiger partial charge in [0.25, 0.3) is 11.2 Å². The summed E-state index contributed by atoms with van der Waals surface area (Å²) in [6.07, 6.45) is 4.02. The van der Waals surface area contributed by atoms with Gasteiger partial charge in [-0.3, -0.25) is 14.9 Å². The lowest BCUT2D eigenvalue weighted by Crippen LogP contribution is -2.20. The Morgan fingerprint density at radius 1 is 1.00 bits per heavy atom. The Balaban J connectivity index is 1.45. The first-order valence-electron chi connectivity index (χ1n) is 13.2. The Labute approximate surface area is 260 Å². The molecule has 0 N–H and O–H groups in total. The van der Waals surface area contributed by atoms with Crippen LogP contribution in [0.4, 0.5) is 5.69 Å². The number of fused-ring (bicyclic) bond motifs is 1. The molecule has 0 aliphatic carbocycles. The summed E-state index contributed by atoms with van der Waals surface area (Å²) in [5.41, 5.74) is 1.44. The number of halogens is 2. The van der Waals surface area contributed by atoms with Crippen molar-refractivity contribution in [1.29, 1.82) is 0 Å². The standard InChI is InChI=1S/C32H22Cl2N4O6/c1-2-43-29-17-21(10-14-28(29)44-30(39)15-11-20-6-5-7-23(16-20)38(41)42)19-35-37-31(24-13-12-22(33)18-26(24)34)36-27-9-4-3-8-25(27)32(37)40/h3-19H,2H2,1H3/b15-11+,35-19?. The number of carbonyl (C=O) groups is 1. The normalized spacial score (nSPS) is 11.3. The molecular formula is C32H22Cl2N4O6. The Kier molecular flexibility index (Phi) is 9.13. The highest BCUT2D eigenvalue weighted by molar-refractivity contribution is 6.36. The first-order valence-corrected chi connectivity index (χ1v) is 13.9. The monoisotopic (exact) mass is 628 g/mol. The number of aromatic nitrogens is 2. The van der Waals surface area contributed by atoms with Crippen LogP contribution in [0.25, 0.3) is 28.4 Å². The van der Waals surface area contributed by atoms with Crippen molar-refractivity contribution in [2.75, 3.05) is 6.61 Å². The number of nitro groups is 1. The van der Waals surface area contributed by atoms with Crippen molar-refractivity contribution >= 4 is 58.1 Å². The second kappa shape index (κ2) is 13.3. The topological polar surface area (TPSA) is 126 Å². The molecule has 0 unspecified atom stereocenters. The number of non-ortho nitro benzene ring substituents is 1. The van der Waals surface area contributed by atoms with Crippen molar-refractivity contribution in [3.8, 4) is 22.9 Å². The van der Waals surface area contributed by atoms with Gasteiger partial charge in [-0.1, -0.05) is 47.5 Å². The van der Waals surface area contributed by atoms with Crippen molar-refractivity contribution < 1.29 is 19.2 Å². The van der Waals surface area contributed by atoms with Crippen molar-refractivity contribution in [3.63, 3.8) is 0 Å². The number of rotatable bonds is 9. The van der Waals surface area contributed by atoms with Gasteiger partial charge < -0.3 is 9.47 Å². The Morgan fingerprint density at radius 3 is 2.59 bits per heavy atom. The van der Waals surface area contributed by atoms with Crippen LogP contribution in [0.5, 0.6) is 11.5 Å². The molecule has 4 aromatic carbocycles. The highest BCUT2D eigenvalue weighted by Gasteiger charge is 2.16. The first kappa shape index (κ1) is 30.1. The van der Waals surface area contributed by atoms with E-state index in [2.05, 4.69) is 10.1 Å². The molecule has 0 spiro atoms. The Hall–Kier alpha value is -5.32. The molecular weight excluding hydrogens is 607 g/mol. The third-order valence-electron chi connectivity index (χ3n) is 6.22. The summed E-state index contributed by atoms with van der Waals surface area (Å²) in [4.78, 5) is 41.2. The zero-order valence-electron chi connectivity index (χ0n) is 23.0. The van der Waals surface area contributed by atoms with E-state index in [0.717, 1.165) is 10.8 Å². The number of ether oxygens (including phenoxy) is 2. The second-order valence-corrected chi connectivity index (χ2v) is 10.0. The number of para-hydroxylation sites is 1. The molecule has 12 heteroatoms. The molecule has 1 aromatic heterocycles. The third kappa shape index (κ3) is 6.83. The van der Waals surface area contributed by atoms with Crippen LogP contribution in [-0.2, 0) is 4.79 Å². The van der Waals surface area contributed by atoms with Crippen LogP contribution >= 0.6 is 23.2 Å². The highest BCUT2D eigenvalue weighted by atomic mass is 35.5. The molecule has 10 nitrogen and oxygen atoms in total. The average Bonchev–Trinajstić information content (AvgIpc) is 3.01. The van der Waals surface area contributed by atoms with E-state index in [0.29, 0.717) is 37.6 Å². The van der Waals surface area contributed by atoms with Crippen molar-refractivity contribution in [2.24, 2.45) is 5.10 Å². The van der Waals surface area contributed by atoms with Gasteiger partial charge in [-0.05, 0) is 72.7 Å². The summed E-state index contributed by atoms with van der Waals surface area (Å²) < 4.78 is 12.3. The maximum Gasteiger partial charge on any atom is 0.336 e. The molecule has 0 aliphatic heterocycles. The predicted molar refractivity (Wildman–Crippen MR) is 170 cm³/mol. The fourth-order valence-corrected chi connectivity index (χ4v) is 4.70. The van der Waals surface area contributed by atoms with Crippen LogP contribution in [0, 0.1) is 10.1 Å². The molecule has 1 heterocycles. The zero-order valence-corrected chi connectivity index (χ0v) is 24.5. The van der Waals surface area contributed by atoms with E-state index >= 15 is 0 Å². The highest BCUT2D eigenvalue weighted by Crippen LogP contribution is 2.31. The van der Waals surface area contributed by atoms with Crippen molar-refractivity contribution in [1.82, 2.24) is 9.66 Å². The number of nitro benzene ring substituents is 1. The number of hydrogen-bond acceptors (Lipinski definition) is 8. The number of esters is 1. The lowest BCUT2D eigenvalue weighted by molar-refractivity contribution is -0.384. The first-order chi connectivity index (χ1) is 21.2. The fraction of sp³-hybridized carbons (Fsp3) is 0.0625. The zero-order chi connectivity index (χ0) is 31.2. The van der Waals surface area contributed by atoms with E-state index in [-0.39, 0.29) is 29.6 Å². The van der Waals surface area contributed by atoms with Gasteiger partial charge >= 0.3 is 5.97 Å². The minimum Gasteiger partial charge on any atom is -0.490 e. The van der Waals surface area contributed by atoms with Gasteiger partial charge in [0.05, 0.1) is 33.7 Å². The van der Waals surface area contributed by atoms with E-state index in [1.165, 1.54) is 36.6 Å². The van der Waals surface area contributed by atoms with Crippen LogP contribution in [0.3, 0.4) is 0 Å². The van der Waals surface area contributed by atoms with Crippen LogP contribution in [0.1, 0.15) is 18.1 Å². The molecule has 0 atom stereocenters. The molecule has 0 saturated carbocycles. The number of nitrogens with zero attached hydrogens (tertiary/aromatic N) is 4. The number of benzene rings is 4. The van der Waals surface area contributed by atoms with E-state index in [1.807, 2.05) is 0 Å². The van der Waals surface area contributed by atoms with Gasteiger partial charge in [0.15, 0.2) is 17.3 Å². The van der Waals surface area contributed by atoms with Gasteiger partial charge in [-0.2, -0.15) is 9.78 Å². The molecule has 220 valence electrons. The minimum absolute atomic E-state index is 0.0958. The SMILES string of the molecule is CCOc1cc(C=Nn2c(-c3ccc(Cl)cc3Cl)nc3ccccc3c2=O)ccc1OC(=O)/C=C/c1cccc([N+](=O)[O-])c1. The molecule has 5 rings (SSSR count). The van der Waals surface area contributed by atoms with E-state index in [9.17, 15) is 19.7 Å². The summed E-state index contributed by atoms with van der Waals surface area (Å²) in [5, 5.41) is 16.5. The second-order valence-electron chi connectivity index (χ2n) is 9.18. The molecule has 0 amide bonds. The van der Waals surface area contributed by atoms with Gasteiger partial charge in [0.2, 0.25) is 0 Å². The summed E-state index contributed by atoms with van der Waals surface area (Å²) in [5.74, 6) is -0.0794. The predicted octanol–water partition coefficient (Wildman–Crippen LogP) is 7.18. The minimum atomic E-state index is -0.711. The van der Waals surface area contributed by atoms with Crippen molar-refractivity contribution in [3.05, 3.63) is 133 Å². The Bertz CT molecular complexity index is 2020. The summed E-state index contributed by atoms with van der Waals surface area (Å²) in [7, 11) is 0. The van der Waals surface area contributed by atoms with Gasteiger partial charge in [-0.15, -0.1) is 0 Å². The molecule has 0 bridgehead atoms. The lowest BCUT2D eigenvalue weighted by Gasteiger charge is -2.12. The van der Waals surface area contributed by atoms with Crippen LogP contribution < -0.4 is 15.0 Å². The molecule has 0 radical (unpaired) electrons.